The average Bonchev–Trinajstić information content (AvgIpc) is 2.47. The van der Waals surface area contributed by atoms with Crippen LogP contribution in [0.4, 0.5) is 0 Å². The van der Waals surface area contributed by atoms with Crippen molar-refractivity contribution in [3.05, 3.63) is 72.8 Å². The maximum absolute atomic E-state index is 11.2. The zero-order valence-electron chi connectivity index (χ0n) is 11.0. The van der Waals surface area contributed by atoms with Crippen LogP contribution in [0, 0.1) is 0 Å². The summed E-state index contributed by atoms with van der Waals surface area (Å²) in [5.74, 6) is 0.0312. The van der Waals surface area contributed by atoms with Gasteiger partial charge in [-0.3, -0.25) is 4.79 Å². The zero-order chi connectivity index (χ0) is 14.4. The van der Waals surface area contributed by atoms with Crippen molar-refractivity contribution in [1.29, 1.82) is 0 Å². The van der Waals surface area contributed by atoms with Crippen molar-refractivity contribution in [2.24, 2.45) is 0 Å². The van der Waals surface area contributed by atoms with Crippen molar-refractivity contribution < 1.29 is 14.6 Å². The third-order valence-electron chi connectivity index (χ3n) is 2.96. The molecule has 0 saturated carbocycles. The second-order valence-electron chi connectivity index (χ2n) is 4.40. The molecule has 3 heteroatoms. The summed E-state index contributed by atoms with van der Waals surface area (Å²) in [7, 11) is 0. The highest BCUT2D eigenvalue weighted by atomic mass is 16.5. The van der Waals surface area contributed by atoms with E-state index in [0.29, 0.717) is 12.2 Å². The van der Waals surface area contributed by atoms with E-state index in [-0.39, 0.29) is 0 Å². The number of hydrogen-bond acceptors (Lipinski definition) is 2. The molecule has 0 unspecified atom stereocenters. The Morgan fingerprint density at radius 2 is 1.70 bits per heavy atom. The van der Waals surface area contributed by atoms with Crippen molar-refractivity contribution in [1.82, 2.24) is 0 Å². The van der Waals surface area contributed by atoms with Crippen LogP contribution in [0.15, 0.2) is 67.3 Å². The zero-order valence-corrected chi connectivity index (χ0v) is 11.0. The summed E-state index contributed by atoms with van der Waals surface area (Å²) >= 11 is 0. The first-order chi connectivity index (χ1) is 9.70. The molecule has 102 valence electrons. The van der Waals surface area contributed by atoms with Crippen LogP contribution in [0.1, 0.15) is 17.9 Å². The van der Waals surface area contributed by atoms with Crippen LogP contribution in [-0.2, 0) is 4.79 Å². The molecule has 0 spiro atoms. The Bertz CT molecular complexity index is 573. The lowest BCUT2D eigenvalue weighted by Crippen LogP contribution is -2.10. The SMILES string of the molecule is C=CC[C@@H](C(=O)O)c1ccc(Oc2ccccc2)cc1. The molecule has 0 bridgehead atoms. The van der Waals surface area contributed by atoms with Gasteiger partial charge in [0, 0.05) is 0 Å². The molecule has 0 aliphatic heterocycles. The monoisotopic (exact) mass is 268 g/mol. The first kappa shape index (κ1) is 13.9. The predicted octanol–water partition coefficient (Wildman–Crippen LogP) is 4.22. The maximum Gasteiger partial charge on any atom is 0.311 e. The number of benzene rings is 2. The highest BCUT2D eigenvalue weighted by Gasteiger charge is 2.17. The van der Waals surface area contributed by atoms with Gasteiger partial charge in [-0.2, -0.15) is 0 Å². The Balaban J connectivity index is 2.13. The van der Waals surface area contributed by atoms with Crippen LogP contribution < -0.4 is 4.74 Å². The molecular weight excluding hydrogens is 252 g/mol. The van der Waals surface area contributed by atoms with E-state index in [4.69, 9.17) is 4.74 Å². The second kappa shape index (κ2) is 6.57. The van der Waals surface area contributed by atoms with Crippen LogP contribution in [-0.4, -0.2) is 11.1 Å². The molecule has 0 fully saturated rings. The van der Waals surface area contributed by atoms with Gasteiger partial charge < -0.3 is 9.84 Å². The molecule has 0 amide bonds. The number of carbonyl (C=O) groups is 1. The van der Waals surface area contributed by atoms with Gasteiger partial charge in [0.2, 0.25) is 0 Å². The Kier molecular flexibility index (Phi) is 4.56. The van der Waals surface area contributed by atoms with Gasteiger partial charge in [0.25, 0.3) is 0 Å². The van der Waals surface area contributed by atoms with Gasteiger partial charge in [-0.25, -0.2) is 0 Å². The van der Waals surface area contributed by atoms with Crippen LogP contribution in [0.25, 0.3) is 0 Å². The number of rotatable bonds is 6. The number of aliphatic carboxylic acids is 1. The first-order valence-corrected chi connectivity index (χ1v) is 6.37. The van der Waals surface area contributed by atoms with Crippen molar-refractivity contribution >= 4 is 5.97 Å². The van der Waals surface area contributed by atoms with E-state index in [1.54, 1.807) is 30.3 Å². The van der Waals surface area contributed by atoms with Crippen LogP contribution >= 0.6 is 0 Å². The average molecular weight is 268 g/mol. The van der Waals surface area contributed by atoms with E-state index >= 15 is 0 Å². The molecule has 20 heavy (non-hydrogen) atoms. The van der Waals surface area contributed by atoms with Crippen LogP contribution in [0.3, 0.4) is 0 Å². The van der Waals surface area contributed by atoms with Gasteiger partial charge in [-0.15, -0.1) is 6.58 Å². The summed E-state index contributed by atoms with van der Waals surface area (Å²) in [6.45, 7) is 3.59. The van der Waals surface area contributed by atoms with E-state index < -0.39 is 11.9 Å². The molecule has 0 aromatic heterocycles. The minimum Gasteiger partial charge on any atom is -0.481 e. The van der Waals surface area contributed by atoms with Crippen molar-refractivity contribution in [2.75, 3.05) is 0 Å². The molecule has 0 aliphatic carbocycles. The largest absolute Gasteiger partial charge is 0.481 e. The van der Waals surface area contributed by atoms with Crippen molar-refractivity contribution in [3.63, 3.8) is 0 Å². The summed E-state index contributed by atoms with van der Waals surface area (Å²) in [5.41, 5.74) is 0.748. The molecule has 2 rings (SSSR count). The van der Waals surface area contributed by atoms with E-state index in [2.05, 4.69) is 6.58 Å². The molecule has 0 radical (unpaired) electrons. The molecule has 2 aromatic carbocycles. The van der Waals surface area contributed by atoms with Gasteiger partial charge in [0.15, 0.2) is 0 Å². The Hall–Kier alpha value is -2.55. The minimum atomic E-state index is -0.846. The molecule has 2 aromatic rings. The Labute approximate surface area is 118 Å². The summed E-state index contributed by atoms with van der Waals surface area (Å²) < 4.78 is 5.67. The summed E-state index contributed by atoms with van der Waals surface area (Å²) in [5, 5.41) is 9.18. The fraction of sp³-hybridized carbons (Fsp3) is 0.118. The van der Waals surface area contributed by atoms with Crippen LogP contribution in [0.5, 0.6) is 11.5 Å². The number of para-hydroxylation sites is 1. The van der Waals surface area contributed by atoms with E-state index in [1.807, 2.05) is 30.3 Å². The highest BCUT2D eigenvalue weighted by molar-refractivity contribution is 5.76. The molecule has 0 saturated heterocycles. The molecule has 0 aliphatic rings. The predicted molar refractivity (Wildman–Crippen MR) is 78.1 cm³/mol. The molecular formula is C17H16O3. The number of allylic oxidation sites excluding steroid dienone is 1. The number of carboxylic acids is 1. The summed E-state index contributed by atoms with van der Waals surface area (Å²) in [6.07, 6.45) is 2.03. The summed E-state index contributed by atoms with van der Waals surface area (Å²) in [4.78, 5) is 11.2. The molecule has 1 N–H and O–H groups in total. The lowest BCUT2D eigenvalue weighted by molar-refractivity contribution is -0.138. The van der Waals surface area contributed by atoms with Crippen LogP contribution in [0.2, 0.25) is 0 Å². The fourth-order valence-electron chi connectivity index (χ4n) is 1.94. The van der Waals surface area contributed by atoms with Gasteiger partial charge in [0.05, 0.1) is 5.92 Å². The first-order valence-electron chi connectivity index (χ1n) is 6.37. The molecule has 1 atom stereocenters. The third-order valence-corrected chi connectivity index (χ3v) is 2.96. The lowest BCUT2D eigenvalue weighted by atomic mass is 9.96. The van der Waals surface area contributed by atoms with Gasteiger partial charge in [0.1, 0.15) is 11.5 Å². The number of carboxylic acid groups (broad SMARTS) is 1. The summed E-state index contributed by atoms with van der Waals surface area (Å²) in [6, 6.07) is 16.6. The normalized spacial score (nSPS) is 11.6. The molecule has 3 nitrogen and oxygen atoms in total. The smallest absolute Gasteiger partial charge is 0.311 e. The van der Waals surface area contributed by atoms with E-state index in [9.17, 15) is 9.90 Å². The maximum atomic E-state index is 11.2. The number of ether oxygens (including phenoxy) is 1. The van der Waals surface area contributed by atoms with Gasteiger partial charge >= 0.3 is 5.97 Å². The van der Waals surface area contributed by atoms with Crippen molar-refractivity contribution in [2.45, 2.75) is 12.3 Å². The van der Waals surface area contributed by atoms with Gasteiger partial charge in [-0.05, 0) is 36.2 Å². The minimum absolute atomic E-state index is 0.411. The standard InChI is InChI=1S/C17H16O3/c1-2-6-16(17(18)19)13-9-11-15(12-10-13)20-14-7-4-3-5-8-14/h2-5,7-12,16H,1,6H2,(H,18,19)/t16-/m1/s1. The Morgan fingerprint density at radius 3 is 2.25 bits per heavy atom. The fourth-order valence-corrected chi connectivity index (χ4v) is 1.94. The van der Waals surface area contributed by atoms with Gasteiger partial charge in [-0.1, -0.05) is 36.4 Å². The van der Waals surface area contributed by atoms with Crippen molar-refractivity contribution in [3.8, 4) is 11.5 Å². The second-order valence-corrected chi connectivity index (χ2v) is 4.40. The lowest BCUT2D eigenvalue weighted by Gasteiger charge is -2.11. The quantitative estimate of drug-likeness (QED) is 0.798. The molecule has 0 heterocycles. The Morgan fingerprint density at radius 1 is 1.10 bits per heavy atom. The number of hydrogen-bond donors (Lipinski definition) is 1. The third kappa shape index (κ3) is 3.48. The van der Waals surface area contributed by atoms with E-state index in [0.717, 1.165) is 11.3 Å². The highest BCUT2D eigenvalue weighted by Crippen LogP contribution is 2.25. The van der Waals surface area contributed by atoms with E-state index in [1.165, 1.54) is 0 Å². The topological polar surface area (TPSA) is 46.5 Å².